The molecule has 0 radical (unpaired) electrons. The van der Waals surface area contributed by atoms with E-state index in [0.29, 0.717) is 60.7 Å². The molecule has 2 amide bonds. The van der Waals surface area contributed by atoms with E-state index < -0.39 is 18.0 Å². The zero-order chi connectivity index (χ0) is 26.2. The number of allylic oxidation sites excluding steroid dienone is 1. The smallest absolute Gasteiger partial charge is 0.409 e. The Morgan fingerprint density at radius 1 is 1.05 bits per heavy atom. The fraction of sp³-hybridized carbons (Fsp3) is 0.269. The number of para-hydroxylation sites is 1. The van der Waals surface area contributed by atoms with Gasteiger partial charge in [0.05, 0.1) is 0 Å². The number of imidazole rings is 1. The molecular formula is C26H24F3N5O3. The summed E-state index contributed by atoms with van der Waals surface area (Å²) in [4.78, 5) is 30.6. The van der Waals surface area contributed by atoms with Gasteiger partial charge in [0.25, 0.3) is 5.91 Å². The molecule has 0 aliphatic carbocycles. The number of benzene rings is 2. The number of likely N-dealkylation sites (tertiary alicyclic amines) is 1. The average Bonchev–Trinajstić information content (AvgIpc) is 3.23. The Balaban J connectivity index is 1.36. The van der Waals surface area contributed by atoms with Gasteiger partial charge in [-0.25, -0.2) is 9.66 Å². The summed E-state index contributed by atoms with van der Waals surface area (Å²) in [5.74, 6) is 0.513. The standard InChI is InChI=1S/C26H24F3N5O3/c27-26(28,29)12-10-21(35)33-14-17(15-33)20-11-13-31-34-23(24(30)36)22(32-25(20)34)16-6-8-19(9-7-16)37-18-4-2-1-3-5-18/h1-10,12,17,20,31H,11,13-15H2,(H2,30,36). The van der Waals surface area contributed by atoms with Crippen LogP contribution in [-0.2, 0) is 4.79 Å². The van der Waals surface area contributed by atoms with Crippen LogP contribution in [0.25, 0.3) is 11.3 Å². The summed E-state index contributed by atoms with van der Waals surface area (Å²) in [6, 6.07) is 16.5. The van der Waals surface area contributed by atoms with E-state index in [0.717, 1.165) is 0 Å². The molecule has 8 nitrogen and oxygen atoms in total. The molecular weight excluding hydrogens is 487 g/mol. The maximum absolute atomic E-state index is 12.4. The van der Waals surface area contributed by atoms with Crippen LogP contribution < -0.4 is 15.9 Å². The number of hydrogen-bond donors (Lipinski definition) is 2. The molecule has 11 heteroatoms. The largest absolute Gasteiger partial charge is 0.457 e. The Morgan fingerprint density at radius 2 is 1.73 bits per heavy atom. The van der Waals surface area contributed by atoms with E-state index in [9.17, 15) is 22.8 Å². The predicted octanol–water partition coefficient (Wildman–Crippen LogP) is 4.05. The number of carbonyl (C=O) groups is 2. The summed E-state index contributed by atoms with van der Waals surface area (Å²) in [5.41, 5.74) is 10.2. The summed E-state index contributed by atoms with van der Waals surface area (Å²) >= 11 is 0. The fourth-order valence-electron chi connectivity index (χ4n) is 4.71. The molecule has 192 valence electrons. The van der Waals surface area contributed by atoms with E-state index in [4.69, 9.17) is 15.5 Å². The van der Waals surface area contributed by atoms with Crippen LogP contribution in [0.1, 0.15) is 28.7 Å². The van der Waals surface area contributed by atoms with Crippen molar-refractivity contribution in [3.05, 3.63) is 78.3 Å². The number of fused-ring (bicyclic) bond motifs is 1. The van der Waals surface area contributed by atoms with Gasteiger partial charge in [0, 0.05) is 49.2 Å². The average molecular weight is 512 g/mol. The van der Waals surface area contributed by atoms with Gasteiger partial charge < -0.3 is 20.8 Å². The minimum atomic E-state index is -4.53. The van der Waals surface area contributed by atoms with Crippen molar-refractivity contribution in [2.45, 2.75) is 18.5 Å². The second kappa shape index (κ2) is 9.64. The molecule has 5 rings (SSSR count). The van der Waals surface area contributed by atoms with Crippen molar-refractivity contribution in [1.29, 1.82) is 0 Å². The lowest BCUT2D eigenvalue weighted by Gasteiger charge is -2.44. The number of nitrogens with two attached hydrogens (primary N) is 1. The van der Waals surface area contributed by atoms with Gasteiger partial charge in [0.2, 0.25) is 5.91 Å². The molecule has 1 fully saturated rings. The second-order valence-corrected chi connectivity index (χ2v) is 8.99. The molecule has 0 bridgehead atoms. The maximum Gasteiger partial charge on any atom is 0.409 e. The van der Waals surface area contributed by atoms with Crippen molar-refractivity contribution in [3.63, 3.8) is 0 Å². The highest BCUT2D eigenvalue weighted by molar-refractivity contribution is 5.97. The molecule has 3 N–H and O–H groups in total. The van der Waals surface area contributed by atoms with Crippen LogP contribution in [-0.4, -0.2) is 52.2 Å². The number of aromatic nitrogens is 2. The number of primary amides is 1. The van der Waals surface area contributed by atoms with Crippen molar-refractivity contribution in [2.75, 3.05) is 25.1 Å². The van der Waals surface area contributed by atoms with Crippen LogP contribution in [0.5, 0.6) is 11.5 Å². The van der Waals surface area contributed by atoms with E-state index in [1.165, 1.54) is 4.90 Å². The van der Waals surface area contributed by atoms with Gasteiger partial charge in [-0.2, -0.15) is 13.2 Å². The third-order valence-corrected chi connectivity index (χ3v) is 6.51. The Bertz CT molecular complexity index is 1330. The molecule has 2 aromatic carbocycles. The van der Waals surface area contributed by atoms with Gasteiger partial charge in [-0.3, -0.25) is 9.59 Å². The number of nitrogens with one attached hydrogen (secondary N) is 1. The summed E-state index contributed by atoms with van der Waals surface area (Å²) < 4.78 is 44.6. The van der Waals surface area contributed by atoms with Crippen LogP contribution in [0.4, 0.5) is 13.2 Å². The number of carbonyl (C=O) groups excluding carboxylic acids is 2. The lowest BCUT2D eigenvalue weighted by Crippen LogP contribution is -2.53. The number of halogens is 3. The van der Waals surface area contributed by atoms with E-state index in [2.05, 4.69) is 5.43 Å². The fourth-order valence-corrected chi connectivity index (χ4v) is 4.71. The van der Waals surface area contributed by atoms with Gasteiger partial charge in [0.15, 0.2) is 5.69 Å². The van der Waals surface area contributed by atoms with E-state index in [1.54, 1.807) is 28.9 Å². The third kappa shape index (κ3) is 5.16. The molecule has 1 aromatic heterocycles. The van der Waals surface area contributed by atoms with Crippen molar-refractivity contribution in [2.24, 2.45) is 11.7 Å². The zero-order valence-corrected chi connectivity index (χ0v) is 19.6. The Kier molecular flexibility index (Phi) is 6.36. The zero-order valence-electron chi connectivity index (χ0n) is 19.6. The Labute approximate surface area is 210 Å². The van der Waals surface area contributed by atoms with E-state index in [1.807, 2.05) is 30.3 Å². The second-order valence-electron chi connectivity index (χ2n) is 8.99. The number of hydrogen-bond acceptors (Lipinski definition) is 5. The lowest BCUT2D eigenvalue weighted by molar-refractivity contribution is -0.133. The quantitative estimate of drug-likeness (QED) is 0.486. The third-order valence-electron chi connectivity index (χ3n) is 6.51. The number of alkyl halides is 3. The predicted molar refractivity (Wildman–Crippen MR) is 130 cm³/mol. The number of rotatable bonds is 6. The van der Waals surface area contributed by atoms with Gasteiger partial charge >= 0.3 is 6.18 Å². The number of ether oxygens (including phenoxy) is 1. The monoisotopic (exact) mass is 511 g/mol. The molecule has 0 spiro atoms. The normalized spacial score (nSPS) is 17.7. The number of nitrogens with zero attached hydrogens (tertiary/aromatic N) is 3. The van der Waals surface area contributed by atoms with Crippen molar-refractivity contribution in [1.82, 2.24) is 14.6 Å². The molecule has 1 atom stereocenters. The van der Waals surface area contributed by atoms with E-state index in [-0.39, 0.29) is 23.6 Å². The highest BCUT2D eigenvalue weighted by Gasteiger charge is 2.41. The summed E-state index contributed by atoms with van der Waals surface area (Å²) in [7, 11) is 0. The molecule has 2 aliphatic rings. The summed E-state index contributed by atoms with van der Waals surface area (Å²) in [6.07, 6.45) is -3.34. The highest BCUT2D eigenvalue weighted by Crippen LogP contribution is 2.38. The Hall–Kier alpha value is -4.28. The summed E-state index contributed by atoms with van der Waals surface area (Å²) in [6.45, 7) is 1.17. The van der Waals surface area contributed by atoms with Crippen LogP contribution in [0.3, 0.4) is 0 Å². The SMILES string of the molecule is NC(=O)c1c(-c2ccc(Oc3ccccc3)cc2)nc2n1NCCC2C1CN(C(=O)C=CC(F)(F)F)C1. The molecule has 2 aliphatic heterocycles. The minimum Gasteiger partial charge on any atom is -0.457 e. The summed E-state index contributed by atoms with van der Waals surface area (Å²) in [5, 5.41) is 0. The molecule has 3 aromatic rings. The molecule has 37 heavy (non-hydrogen) atoms. The van der Waals surface area contributed by atoms with Crippen LogP contribution >= 0.6 is 0 Å². The van der Waals surface area contributed by atoms with Crippen LogP contribution in [0.15, 0.2) is 66.7 Å². The van der Waals surface area contributed by atoms with E-state index >= 15 is 0 Å². The molecule has 3 heterocycles. The first-order chi connectivity index (χ1) is 17.7. The molecule has 0 saturated carbocycles. The first kappa shape index (κ1) is 24.4. The molecule has 1 unspecified atom stereocenters. The minimum absolute atomic E-state index is 0.00158. The first-order valence-corrected chi connectivity index (χ1v) is 11.7. The topological polar surface area (TPSA) is 102 Å². The van der Waals surface area contributed by atoms with Gasteiger partial charge in [-0.1, -0.05) is 18.2 Å². The lowest BCUT2D eigenvalue weighted by atomic mass is 9.82. The van der Waals surface area contributed by atoms with Gasteiger partial charge in [-0.15, -0.1) is 0 Å². The first-order valence-electron chi connectivity index (χ1n) is 11.7. The van der Waals surface area contributed by atoms with Crippen LogP contribution in [0, 0.1) is 5.92 Å². The van der Waals surface area contributed by atoms with Crippen LogP contribution in [0.2, 0.25) is 0 Å². The maximum atomic E-state index is 12.4. The highest BCUT2D eigenvalue weighted by atomic mass is 19.4. The number of amides is 2. The van der Waals surface area contributed by atoms with Crippen molar-refractivity contribution >= 4 is 11.8 Å². The Morgan fingerprint density at radius 3 is 2.38 bits per heavy atom. The molecule has 1 saturated heterocycles. The van der Waals surface area contributed by atoms with Gasteiger partial charge in [0.1, 0.15) is 23.0 Å². The van der Waals surface area contributed by atoms with Crippen molar-refractivity contribution in [3.8, 4) is 22.8 Å². The van der Waals surface area contributed by atoms with Gasteiger partial charge in [-0.05, 0) is 42.8 Å². The van der Waals surface area contributed by atoms with Crippen molar-refractivity contribution < 1.29 is 27.5 Å².